The second kappa shape index (κ2) is 13.2. The topological polar surface area (TPSA) is 119 Å². The van der Waals surface area contributed by atoms with E-state index in [2.05, 4.69) is 27.3 Å². The number of benzene rings is 3. The van der Waals surface area contributed by atoms with Crippen molar-refractivity contribution in [1.29, 1.82) is 0 Å². The molecule has 1 aliphatic rings. The van der Waals surface area contributed by atoms with E-state index in [9.17, 15) is 14.7 Å². The highest BCUT2D eigenvalue weighted by atomic mass is 19.1. The quantitative estimate of drug-likeness (QED) is 0.116. The van der Waals surface area contributed by atoms with Crippen molar-refractivity contribution in [2.45, 2.75) is 6.92 Å². The lowest BCUT2D eigenvalue weighted by Gasteiger charge is -2.32. The average molecular weight is 588 g/mol. The number of nitrogens with one attached hydrogen (secondary N) is 2. The molecule has 2 heterocycles. The molecule has 10 nitrogen and oxygen atoms in total. The Balaban J connectivity index is 1.40. The minimum Gasteiger partial charge on any atom is -0.494 e. The van der Waals surface area contributed by atoms with E-state index in [-0.39, 0.29) is 23.7 Å². The lowest BCUT2D eigenvalue weighted by atomic mass is 9.98. The molecule has 0 spiro atoms. The number of hydrogen-bond donors (Lipinski definition) is 3. The first-order chi connectivity index (χ1) is 20.7. The van der Waals surface area contributed by atoms with E-state index in [1.807, 2.05) is 30.3 Å². The third-order valence-corrected chi connectivity index (χ3v) is 7.52. The molecule has 43 heavy (non-hydrogen) atoms. The lowest BCUT2D eigenvalue weighted by Crippen LogP contribution is -2.45. The number of hydroxylamine groups is 1. The van der Waals surface area contributed by atoms with Gasteiger partial charge in [0.25, 0.3) is 5.91 Å². The maximum atomic E-state index is 15.2. The van der Waals surface area contributed by atoms with Crippen LogP contribution in [-0.4, -0.2) is 91.0 Å². The molecule has 11 heteroatoms. The molecule has 0 unspecified atom stereocenters. The molecule has 0 aliphatic carbocycles. The highest BCUT2D eigenvalue weighted by Crippen LogP contribution is 2.33. The number of H-pyrrole nitrogens is 1. The van der Waals surface area contributed by atoms with E-state index in [0.717, 1.165) is 32.2 Å². The standard InChI is InChI=1S/C32H34FN5O5/c1-20-17-25-27(19-24(20)32(41)42-3)35-31(40)28(25)29(21-7-5-4-6-8-21)34-22-9-10-23(26(33)18-22)30(39)36-43-16-15-38-13-11-37(2)12-14-38/h4-10,17-19,35,40H,11-16H2,1-3H3,(H,36,39). The van der Waals surface area contributed by atoms with Crippen molar-refractivity contribution < 1.29 is 28.7 Å². The van der Waals surface area contributed by atoms with Gasteiger partial charge in [-0.15, -0.1) is 0 Å². The van der Waals surface area contributed by atoms with Gasteiger partial charge >= 0.3 is 5.97 Å². The molecule has 1 saturated heterocycles. The summed E-state index contributed by atoms with van der Waals surface area (Å²) in [5.74, 6) is -2.12. The fraction of sp³-hybridized carbons (Fsp3) is 0.281. The van der Waals surface area contributed by atoms with Crippen LogP contribution in [0.2, 0.25) is 0 Å². The Hall–Kier alpha value is -4.58. The van der Waals surface area contributed by atoms with Crippen molar-refractivity contribution in [1.82, 2.24) is 20.3 Å². The number of halogens is 1. The number of rotatable bonds is 9. The predicted molar refractivity (Wildman–Crippen MR) is 162 cm³/mol. The number of hydrogen-bond acceptors (Lipinski definition) is 8. The van der Waals surface area contributed by atoms with Crippen molar-refractivity contribution in [3.05, 3.63) is 94.3 Å². The summed E-state index contributed by atoms with van der Waals surface area (Å²) in [5, 5.41) is 11.6. The summed E-state index contributed by atoms with van der Waals surface area (Å²) in [7, 11) is 3.39. The molecule has 1 aliphatic heterocycles. The van der Waals surface area contributed by atoms with Crippen LogP contribution in [0.5, 0.6) is 5.88 Å². The van der Waals surface area contributed by atoms with Gasteiger partial charge in [-0.2, -0.15) is 0 Å². The van der Waals surface area contributed by atoms with E-state index in [1.54, 1.807) is 19.1 Å². The van der Waals surface area contributed by atoms with E-state index in [0.29, 0.717) is 45.4 Å². The van der Waals surface area contributed by atoms with Crippen LogP contribution in [0.4, 0.5) is 10.1 Å². The zero-order valence-electron chi connectivity index (χ0n) is 24.3. The summed E-state index contributed by atoms with van der Waals surface area (Å²) in [6, 6.07) is 16.6. The Morgan fingerprint density at radius 3 is 2.49 bits per heavy atom. The normalized spacial score (nSPS) is 14.7. The number of aromatic hydroxyl groups is 1. The SMILES string of the molecule is COC(=O)c1cc2[nH]c(O)c(C(=Nc3ccc(C(=O)NOCCN4CCN(C)CC4)c(F)c3)c3ccccc3)c2cc1C. The highest BCUT2D eigenvalue weighted by Gasteiger charge is 2.22. The van der Waals surface area contributed by atoms with E-state index < -0.39 is 17.7 Å². The number of methoxy groups -OCH3 is 1. The first-order valence-electron chi connectivity index (χ1n) is 14.0. The maximum Gasteiger partial charge on any atom is 0.338 e. The summed E-state index contributed by atoms with van der Waals surface area (Å²) in [6.07, 6.45) is 0. The lowest BCUT2D eigenvalue weighted by molar-refractivity contribution is 0.0174. The Labute approximate surface area is 248 Å². The predicted octanol–water partition coefficient (Wildman–Crippen LogP) is 4.19. The molecule has 5 rings (SSSR count). The number of esters is 1. The Kier molecular flexibility index (Phi) is 9.15. The monoisotopic (exact) mass is 587 g/mol. The van der Waals surface area contributed by atoms with Crippen LogP contribution in [0.3, 0.4) is 0 Å². The summed E-state index contributed by atoms with van der Waals surface area (Å²) in [4.78, 5) is 42.3. The van der Waals surface area contributed by atoms with Gasteiger partial charge in [-0.3, -0.25) is 14.5 Å². The van der Waals surface area contributed by atoms with Crippen LogP contribution in [0.1, 0.15) is 37.4 Å². The summed E-state index contributed by atoms with van der Waals surface area (Å²) in [6.45, 7) is 6.54. The third kappa shape index (κ3) is 6.75. The second-order valence-electron chi connectivity index (χ2n) is 10.5. The molecule has 224 valence electrons. The Bertz CT molecular complexity index is 1660. The number of aromatic nitrogens is 1. The second-order valence-corrected chi connectivity index (χ2v) is 10.5. The van der Waals surface area contributed by atoms with Crippen molar-refractivity contribution in [3.8, 4) is 5.88 Å². The average Bonchev–Trinajstić information content (AvgIpc) is 3.32. The van der Waals surface area contributed by atoms with Crippen molar-refractivity contribution >= 4 is 34.2 Å². The molecule has 3 aromatic carbocycles. The van der Waals surface area contributed by atoms with Crippen molar-refractivity contribution in [2.75, 3.05) is 53.5 Å². The number of carbonyl (C=O) groups excluding carboxylic acids is 2. The number of fused-ring (bicyclic) bond motifs is 1. The molecule has 1 fully saturated rings. The number of aryl methyl sites for hydroxylation is 1. The number of amides is 1. The number of ether oxygens (including phenoxy) is 1. The van der Waals surface area contributed by atoms with E-state index in [4.69, 9.17) is 14.6 Å². The first kappa shape index (κ1) is 29.9. The molecular formula is C32H34FN5O5. The third-order valence-electron chi connectivity index (χ3n) is 7.52. The van der Waals surface area contributed by atoms with E-state index >= 15 is 4.39 Å². The summed E-state index contributed by atoms with van der Waals surface area (Å²) >= 11 is 0. The largest absolute Gasteiger partial charge is 0.494 e. The molecule has 0 bridgehead atoms. The fourth-order valence-corrected chi connectivity index (χ4v) is 5.07. The van der Waals surface area contributed by atoms with Gasteiger partial charge < -0.3 is 19.7 Å². The number of nitrogens with zero attached hydrogens (tertiary/aromatic N) is 3. The van der Waals surface area contributed by atoms with Gasteiger partial charge in [0.15, 0.2) is 5.88 Å². The van der Waals surface area contributed by atoms with Crippen molar-refractivity contribution in [3.63, 3.8) is 0 Å². The zero-order chi connectivity index (χ0) is 30.5. The van der Waals surface area contributed by atoms with Gasteiger partial charge in [0.05, 0.1) is 41.8 Å². The molecular weight excluding hydrogens is 553 g/mol. The minimum atomic E-state index is -0.768. The van der Waals surface area contributed by atoms with E-state index in [1.165, 1.54) is 19.2 Å². The zero-order valence-corrected chi connectivity index (χ0v) is 24.3. The smallest absolute Gasteiger partial charge is 0.338 e. The van der Waals surface area contributed by atoms with Gasteiger partial charge in [-0.05, 0) is 43.8 Å². The van der Waals surface area contributed by atoms with Gasteiger partial charge in [-0.1, -0.05) is 30.3 Å². The first-order valence-corrected chi connectivity index (χ1v) is 14.0. The molecule has 4 aromatic rings. The van der Waals surface area contributed by atoms with Crippen LogP contribution in [-0.2, 0) is 9.57 Å². The number of likely N-dealkylation sites (N-methyl/N-ethyl adjacent to an activating group) is 1. The van der Waals surface area contributed by atoms with Gasteiger partial charge in [0.1, 0.15) is 5.82 Å². The van der Waals surface area contributed by atoms with Gasteiger partial charge in [-0.25, -0.2) is 19.7 Å². The van der Waals surface area contributed by atoms with Crippen LogP contribution in [0.15, 0.2) is 65.7 Å². The molecule has 1 amide bonds. The van der Waals surface area contributed by atoms with Crippen LogP contribution >= 0.6 is 0 Å². The Morgan fingerprint density at radius 1 is 1.05 bits per heavy atom. The summed E-state index contributed by atoms with van der Waals surface area (Å²) < 4.78 is 20.1. The Morgan fingerprint density at radius 2 is 1.79 bits per heavy atom. The molecule has 0 atom stereocenters. The molecule has 0 saturated carbocycles. The maximum absolute atomic E-state index is 15.2. The number of piperazine rings is 1. The van der Waals surface area contributed by atoms with Crippen molar-refractivity contribution in [2.24, 2.45) is 4.99 Å². The number of aliphatic imine (C=N–C) groups is 1. The summed E-state index contributed by atoms with van der Waals surface area (Å²) in [5.41, 5.74) is 5.33. The number of carbonyl (C=O) groups is 2. The highest BCUT2D eigenvalue weighted by molar-refractivity contribution is 6.22. The van der Waals surface area contributed by atoms with Gasteiger partial charge in [0.2, 0.25) is 0 Å². The minimum absolute atomic E-state index is 0.163. The fourth-order valence-electron chi connectivity index (χ4n) is 5.07. The molecule has 0 radical (unpaired) electrons. The van der Waals surface area contributed by atoms with Crippen LogP contribution in [0.25, 0.3) is 10.9 Å². The molecule has 1 aromatic heterocycles. The number of aromatic amines is 1. The van der Waals surface area contributed by atoms with Gasteiger partial charge in [0, 0.05) is 55.3 Å². The van der Waals surface area contributed by atoms with Crippen LogP contribution in [0, 0.1) is 12.7 Å². The molecule has 3 N–H and O–H groups in total. The van der Waals surface area contributed by atoms with Crippen LogP contribution < -0.4 is 5.48 Å².